The molecule has 2 rings (SSSR count). The van der Waals surface area contributed by atoms with Crippen LogP contribution in [0.25, 0.3) is 0 Å². The lowest BCUT2D eigenvalue weighted by molar-refractivity contribution is -0.140. The van der Waals surface area contributed by atoms with Crippen molar-refractivity contribution in [2.75, 3.05) is 0 Å². The smallest absolute Gasteiger partial charge is 0.269 e. The van der Waals surface area contributed by atoms with Gasteiger partial charge in [0.1, 0.15) is 0 Å². The minimum absolute atomic E-state index is 0.212. The molecule has 0 unspecified atom stereocenters. The lowest BCUT2D eigenvalue weighted by atomic mass is 9.75. The monoisotopic (exact) mass is 256 g/mol. The van der Waals surface area contributed by atoms with E-state index in [0.29, 0.717) is 10.5 Å². The molecule has 1 aromatic rings. The minimum Gasteiger partial charge on any atom is -0.368 e. The maximum atomic E-state index is 12.5. The van der Waals surface area contributed by atoms with Crippen molar-refractivity contribution in [3.63, 3.8) is 0 Å². The van der Waals surface area contributed by atoms with Gasteiger partial charge in [0.15, 0.2) is 11.6 Å². The SMILES string of the molecule is CC[C@@]1(c2ccccc2)C(=O)N=C(N)N(C#N)C1=O. The van der Waals surface area contributed by atoms with E-state index in [-0.39, 0.29) is 12.4 Å². The number of amides is 2. The first-order valence-corrected chi connectivity index (χ1v) is 5.76. The Labute approximate surface area is 110 Å². The summed E-state index contributed by atoms with van der Waals surface area (Å²) in [7, 11) is 0. The molecule has 0 saturated carbocycles. The molecule has 96 valence electrons. The first kappa shape index (κ1) is 12.8. The largest absolute Gasteiger partial charge is 0.368 e. The topological polar surface area (TPSA) is 99.6 Å². The van der Waals surface area contributed by atoms with Crippen molar-refractivity contribution in [3.05, 3.63) is 35.9 Å². The van der Waals surface area contributed by atoms with Crippen LogP contribution in [0.3, 0.4) is 0 Å². The molecule has 1 aliphatic heterocycles. The second-order valence-corrected chi connectivity index (χ2v) is 4.14. The Balaban J connectivity index is 2.67. The highest BCUT2D eigenvalue weighted by atomic mass is 16.2. The summed E-state index contributed by atoms with van der Waals surface area (Å²) in [6, 6.07) is 8.58. The number of rotatable bonds is 2. The molecule has 1 aromatic carbocycles. The molecule has 0 fully saturated rings. The van der Waals surface area contributed by atoms with Crippen LogP contribution in [0.1, 0.15) is 18.9 Å². The summed E-state index contributed by atoms with van der Waals surface area (Å²) < 4.78 is 0. The van der Waals surface area contributed by atoms with Gasteiger partial charge in [-0.25, -0.2) is 0 Å². The number of aliphatic imine (C=N–C) groups is 1. The van der Waals surface area contributed by atoms with Crippen molar-refractivity contribution < 1.29 is 9.59 Å². The lowest BCUT2D eigenvalue weighted by Gasteiger charge is -2.34. The van der Waals surface area contributed by atoms with E-state index >= 15 is 0 Å². The summed E-state index contributed by atoms with van der Waals surface area (Å²) in [5.41, 5.74) is 4.50. The predicted octanol–water partition coefficient (Wildman–Crippen LogP) is 0.499. The van der Waals surface area contributed by atoms with Crippen LogP contribution in [-0.2, 0) is 15.0 Å². The molecule has 2 amide bonds. The highest BCUT2D eigenvalue weighted by Crippen LogP contribution is 2.34. The number of carbonyl (C=O) groups is 2. The third-order valence-electron chi connectivity index (χ3n) is 3.28. The number of guanidine groups is 1. The molecule has 2 N–H and O–H groups in total. The Hall–Kier alpha value is -2.68. The van der Waals surface area contributed by atoms with Gasteiger partial charge in [-0.05, 0) is 12.0 Å². The van der Waals surface area contributed by atoms with Gasteiger partial charge in [-0.1, -0.05) is 37.3 Å². The second kappa shape index (κ2) is 4.53. The van der Waals surface area contributed by atoms with Crippen LogP contribution in [-0.4, -0.2) is 22.7 Å². The van der Waals surface area contributed by atoms with Crippen molar-refractivity contribution in [1.29, 1.82) is 5.26 Å². The first-order valence-electron chi connectivity index (χ1n) is 5.76. The Morgan fingerprint density at radius 2 is 2.00 bits per heavy atom. The fourth-order valence-electron chi connectivity index (χ4n) is 2.21. The van der Waals surface area contributed by atoms with Crippen LogP contribution in [0, 0.1) is 11.5 Å². The first-order chi connectivity index (χ1) is 9.07. The zero-order chi connectivity index (χ0) is 14.0. The van der Waals surface area contributed by atoms with Gasteiger partial charge in [0.2, 0.25) is 5.96 Å². The number of nitrogens with zero attached hydrogens (tertiary/aromatic N) is 3. The fourth-order valence-corrected chi connectivity index (χ4v) is 2.21. The van der Waals surface area contributed by atoms with Crippen LogP contribution in [0.15, 0.2) is 35.3 Å². The summed E-state index contributed by atoms with van der Waals surface area (Å²) >= 11 is 0. The van der Waals surface area contributed by atoms with Crippen LogP contribution in [0.5, 0.6) is 0 Å². The van der Waals surface area contributed by atoms with Gasteiger partial charge in [-0.3, -0.25) is 9.59 Å². The van der Waals surface area contributed by atoms with Crippen LogP contribution < -0.4 is 5.73 Å². The van der Waals surface area contributed by atoms with E-state index in [2.05, 4.69) is 4.99 Å². The summed E-state index contributed by atoms with van der Waals surface area (Å²) in [6.07, 6.45) is 1.87. The zero-order valence-corrected chi connectivity index (χ0v) is 10.3. The van der Waals surface area contributed by atoms with Gasteiger partial charge in [0.25, 0.3) is 11.8 Å². The molecular weight excluding hydrogens is 244 g/mol. The van der Waals surface area contributed by atoms with Gasteiger partial charge in [-0.15, -0.1) is 0 Å². The van der Waals surface area contributed by atoms with E-state index in [1.165, 1.54) is 0 Å². The number of nitriles is 1. The highest BCUT2D eigenvalue weighted by molar-refractivity contribution is 6.22. The van der Waals surface area contributed by atoms with E-state index in [0.717, 1.165) is 0 Å². The van der Waals surface area contributed by atoms with Gasteiger partial charge in [0.05, 0.1) is 0 Å². The normalized spacial score (nSPS) is 22.9. The number of benzene rings is 1. The molecular formula is C13H12N4O2. The molecule has 0 saturated heterocycles. The minimum atomic E-state index is -1.46. The molecule has 6 nitrogen and oxygen atoms in total. The van der Waals surface area contributed by atoms with E-state index in [1.807, 2.05) is 0 Å². The van der Waals surface area contributed by atoms with Gasteiger partial charge >= 0.3 is 0 Å². The van der Waals surface area contributed by atoms with Crippen LogP contribution in [0.4, 0.5) is 0 Å². The molecule has 1 atom stereocenters. The molecule has 6 heteroatoms. The highest BCUT2D eigenvalue weighted by Gasteiger charge is 2.52. The average Bonchev–Trinajstić information content (AvgIpc) is 2.41. The average molecular weight is 256 g/mol. The Morgan fingerprint density at radius 3 is 2.53 bits per heavy atom. The summed E-state index contributed by atoms with van der Waals surface area (Å²) in [6.45, 7) is 1.70. The van der Waals surface area contributed by atoms with Gasteiger partial charge < -0.3 is 5.73 Å². The van der Waals surface area contributed by atoms with E-state index in [4.69, 9.17) is 11.0 Å². The summed E-state index contributed by atoms with van der Waals surface area (Å²) in [5.74, 6) is -1.66. The molecule has 0 spiro atoms. The van der Waals surface area contributed by atoms with Gasteiger partial charge in [0, 0.05) is 0 Å². The standard InChI is InChI=1S/C13H12N4O2/c1-2-13(9-6-4-3-5-7-9)10(18)16-12(15)17(8-14)11(13)19/h3-7H,2H2,1H3,(H2,15,16,18)/t13-/m1/s1. The fraction of sp³-hybridized carbons (Fsp3) is 0.231. The molecule has 1 aliphatic rings. The maximum absolute atomic E-state index is 12.5. The van der Waals surface area contributed by atoms with Crippen LogP contribution in [0.2, 0.25) is 0 Å². The van der Waals surface area contributed by atoms with Crippen LogP contribution >= 0.6 is 0 Å². The number of nitrogens with two attached hydrogens (primary N) is 1. The third kappa shape index (κ3) is 1.67. The molecule has 1 heterocycles. The zero-order valence-electron chi connectivity index (χ0n) is 10.3. The Morgan fingerprint density at radius 1 is 1.37 bits per heavy atom. The van der Waals surface area contributed by atoms with E-state index in [1.54, 1.807) is 43.4 Å². The predicted molar refractivity (Wildman–Crippen MR) is 67.5 cm³/mol. The van der Waals surface area contributed by atoms with Crippen molar-refractivity contribution >= 4 is 17.8 Å². The quantitative estimate of drug-likeness (QED) is 0.615. The Kier molecular flexibility index (Phi) is 3.05. The third-order valence-corrected chi connectivity index (χ3v) is 3.28. The number of hydrogen-bond donors (Lipinski definition) is 1. The van der Waals surface area contributed by atoms with Crippen molar-refractivity contribution in [2.45, 2.75) is 18.8 Å². The molecule has 19 heavy (non-hydrogen) atoms. The van der Waals surface area contributed by atoms with Crippen molar-refractivity contribution in [2.24, 2.45) is 10.7 Å². The molecule has 0 radical (unpaired) electrons. The number of hydrogen-bond acceptors (Lipinski definition) is 4. The molecule has 0 aliphatic carbocycles. The second-order valence-electron chi connectivity index (χ2n) is 4.14. The molecule has 0 bridgehead atoms. The maximum Gasteiger partial charge on any atom is 0.269 e. The van der Waals surface area contributed by atoms with E-state index in [9.17, 15) is 9.59 Å². The Bertz CT molecular complexity index is 603. The van der Waals surface area contributed by atoms with Gasteiger partial charge in [-0.2, -0.15) is 15.2 Å². The van der Waals surface area contributed by atoms with Crippen molar-refractivity contribution in [3.8, 4) is 6.19 Å². The van der Waals surface area contributed by atoms with Crippen molar-refractivity contribution in [1.82, 2.24) is 4.90 Å². The molecule has 0 aromatic heterocycles. The number of carbonyl (C=O) groups excluding carboxylic acids is 2. The summed E-state index contributed by atoms with van der Waals surface area (Å²) in [5, 5.41) is 8.98. The lowest BCUT2D eigenvalue weighted by Crippen LogP contribution is -2.57. The summed E-state index contributed by atoms with van der Waals surface area (Å²) in [4.78, 5) is 28.9. The van der Waals surface area contributed by atoms with E-state index < -0.39 is 17.2 Å².